The Morgan fingerprint density at radius 2 is 2.21 bits per heavy atom. The van der Waals surface area contributed by atoms with Gasteiger partial charge in [0.1, 0.15) is 0 Å². The maximum Gasteiger partial charge on any atom is 0.223 e. The molecule has 5 heteroatoms. The Kier molecular flexibility index (Phi) is 4.55. The van der Waals surface area contributed by atoms with Crippen LogP contribution in [0.2, 0.25) is 0 Å². The van der Waals surface area contributed by atoms with Crippen molar-refractivity contribution in [2.24, 2.45) is 5.92 Å². The number of aromatic nitrogens is 1. The van der Waals surface area contributed by atoms with Gasteiger partial charge in [-0.25, -0.2) is 0 Å². The summed E-state index contributed by atoms with van der Waals surface area (Å²) in [5.74, 6) is 0.846. The smallest absolute Gasteiger partial charge is 0.223 e. The van der Waals surface area contributed by atoms with Gasteiger partial charge in [-0.15, -0.1) is 0 Å². The normalized spacial score (nSPS) is 31.3. The molecule has 0 spiro atoms. The highest BCUT2D eigenvalue weighted by molar-refractivity contribution is 5.78. The molecule has 0 aliphatic carbocycles. The minimum atomic E-state index is 0.212. The van der Waals surface area contributed by atoms with Crippen LogP contribution >= 0.6 is 0 Å². The van der Waals surface area contributed by atoms with Crippen molar-refractivity contribution in [3.05, 3.63) is 29.6 Å². The molecule has 5 nitrogen and oxygen atoms in total. The third-order valence-corrected chi connectivity index (χ3v) is 5.65. The van der Waals surface area contributed by atoms with Crippen LogP contribution in [-0.4, -0.2) is 59.1 Å². The van der Waals surface area contributed by atoms with Gasteiger partial charge in [-0.1, -0.05) is 6.07 Å². The van der Waals surface area contributed by atoms with Crippen LogP contribution in [0, 0.1) is 12.8 Å². The third-order valence-electron chi connectivity index (χ3n) is 5.65. The molecular formula is C19H27N3O2. The maximum atomic E-state index is 12.3. The second kappa shape index (κ2) is 6.81. The molecule has 0 N–H and O–H groups in total. The van der Waals surface area contributed by atoms with Crippen molar-refractivity contribution in [1.82, 2.24) is 14.8 Å². The summed E-state index contributed by atoms with van der Waals surface area (Å²) >= 11 is 0. The van der Waals surface area contributed by atoms with Crippen molar-refractivity contribution < 1.29 is 9.53 Å². The van der Waals surface area contributed by atoms with E-state index in [0.29, 0.717) is 18.2 Å². The molecule has 1 aromatic heterocycles. The number of pyridine rings is 1. The van der Waals surface area contributed by atoms with Crippen LogP contribution in [-0.2, 0) is 16.1 Å². The number of nitrogens with zero attached hydrogens (tertiary/aromatic N) is 3. The lowest BCUT2D eigenvalue weighted by atomic mass is 9.84. The first-order valence-corrected chi connectivity index (χ1v) is 9.26. The summed E-state index contributed by atoms with van der Waals surface area (Å²) in [5, 5.41) is 0. The van der Waals surface area contributed by atoms with E-state index in [9.17, 15) is 4.79 Å². The fraction of sp³-hybridized carbons (Fsp3) is 0.684. The van der Waals surface area contributed by atoms with E-state index in [-0.39, 0.29) is 12.1 Å². The molecule has 130 valence electrons. The van der Waals surface area contributed by atoms with Gasteiger partial charge in [0.05, 0.1) is 17.8 Å². The van der Waals surface area contributed by atoms with E-state index in [4.69, 9.17) is 4.74 Å². The molecule has 3 aliphatic heterocycles. The lowest BCUT2D eigenvalue weighted by molar-refractivity contribution is -0.145. The van der Waals surface area contributed by atoms with Crippen LogP contribution in [0.25, 0.3) is 0 Å². The van der Waals surface area contributed by atoms with E-state index < -0.39 is 0 Å². The highest BCUT2D eigenvalue weighted by Crippen LogP contribution is 2.33. The lowest BCUT2D eigenvalue weighted by Gasteiger charge is -2.48. The molecule has 3 fully saturated rings. The van der Waals surface area contributed by atoms with Gasteiger partial charge in [0.25, 0.3) is 0 Å². The van der Waals surface area contributed by atoms with Crippen molar-refractivity contribution in [2.75, 3.05) is 26.2 Å². The van der Waals surface area contributed by atoms with Gasteiger partial charge in [0.15, 0.2) is 0 Å². The van der Waals surface area contributed by atoms with Gasteiger partial charge in [-0.2, -0.15) is 0 Å². The van der Waals surface area contributed by atoms with Crippen molar-refractivity contribution in [3.63, 3.8) is 0 Å². The molecule has 3 atom stereocenters. The number of hydrogen-bond donors (Lipinski definition) is 0. The Hall–Kier alpha value is -1.46. The second-order valence-electron chi connectivity index (χ2n) is 7.46. The summed E-state index contributed by atoms with van der Waals surface area (Å²) in [4.78, 5) is 21.5. The summed E-state index contributed by atoms with van der Waals surface area (Å²) in [6.45, 7) is 6.60. The summed E-state index contributed by atoms with van der Waals surface area (Å²) in [7, 11) is 0. The first kappa shape index (κ1) is 16.0. The Labute approximate surface area is 144 Å². The molecule has 0 bridgehead atoms. The number of hydrogen-bond acceptors (Lipinski definition) is 4. The van der Waals surface area contributed by atoms with Crippen LogP contribution in [0.15, 0.2) is 18.2 Å². The summed E-state index contributed by atoms with van der Waals surface area (Å²) in [6, 6.07) is 6.43. The molecule has 3 saturated heterocycles. The predicted octanol–water partition coefficient (Wildman–Crippen LogP) is 1.99. The quantitative estimate of drug-likeness (QED) is 0.851. The first-order chi connectivity index (χ1) is 11.7. The molecule has 0 aromatic carbocycles. The molecule has 3 aliphatic rings. The van der Waals surface area contributed by atoms with E-state index in [0.717, 1.165) is 57.0 Å². The average Bonchev–Trinajstić information content (AvgIpc) is 3.00. The summed E-state index contributed by atoms with van der Waals surface area (Å²) < 4.78 is 6.14. The molecule has 4 heterocycles. The minimum absolute atomic E-state index is 0.212. The van der Waals surface area contributed by atoms with Crippen LogP contribution in [0.4, 0.5) is 0 Å². The number of aryl methyl sites for hydroxylation is 1. The van der Waals surface area contributed by atoms with Crippen LogP contribution < -0.4 is 0 Å². The van der Waals surface area contributed by atoms with Crippen molar-refractivity contribution in [3.8, 4) is 0 Å². The number of likely N-dealkylation sites (tertiary alicyclic amines) is 2. The maximum absolute atomic E-state index is 12.3. The predicted molar refractivity (Wildman–Crippen MR) is 91.5 cm³/mol. The number of amides is 1. The van der Waals surface area contributed by atoms with Crippen LogP contribution in [0.5, 0.6) is 0 Å². The van der Waals surface area contributed by atoms with Crippen molar-refractivity contribution >= 4 is 5.91 Å². The number of ether oxygens (including phenoxy) is 1. The number of carbonyl (C=O) groups excluding carboxylic acids is 1. The molecule has 4 rings (SSSR count). The highest BCUT2D eigenvalue weighted by Gasteiger charge is 2.44. The number of fused-ring (bicyclic) bond motifs is 1. The summed E-state index contributed by atoms with van der Waals surface area (Å²) in [6.07, 6.45) is 4.27. The topological polar surface area (TPSA) is 45.7 Å². The fourth-order valence-electron chi connectivity index (χ4n) is 4.60. The van der Waals surface area contributed by atoms with E-state index in [1.54, 1.807) is 0 Å². The largest absolute Gasteiger partial charge is 0.376 e. The Balaban J connectivity index is 1.52. The molecule has 1 aromatic rings. The van der Waals surface area contributed by atoms with E-state index in [1.165, 1.54) is 6.42 Å². The van der Waals surface area contributed by atoms with Gasteiger partial charge in [-0.05, 0) is 44.2 Å². The Morgan fingerprint density at radius 3 is 3.00 bits per heavy atom. The highest BCUT2D eigenvalue weighted by atomic mass is 16.5. The average molecular weight is 329 g/mol. The summed E-state index contributed by atoms with van der Waals surface area (Å²) in [5.41, 5.74) is 2.19. The second-order valence-corrected chi connectivity index (χ2v) is 7.46. The SMILES string of the molecule is Cc1cccc(CN2C[C@@H]3CCCO[C@@H]3[C@H](N3CCCC3=O)C2)n1. The van der Waals surface area contributed by atoms with Gasteiger partial charge in [-0.3, -0.25) is 14.7 Å². The molecule has 0 unspecified atom stereocenters. The van der Waals surface area contributed by atoms with E-state index in [2.05, 4.69) is 26.9 Å². The molecule has 1 amide bonds. The molecular weight excluding hydrogens is 302 g/mol. The van der Waals surface area contributed by atoms with Crippen molar-refractivity contribution in [1.29, 1.82) is 0 Å². The van der Waals surface area contributed by atoms with Gasteiger partial charge >= 0.3 is 0 Å². The Morgan fingerprint density at radius 1 is 1.29 bits per heavy atom. The number of carbonyl (C=O) groups is 1. The zero-order chi connectivity index (χ0) is 16.5. The minimum Gasteiger partial charge on any atom is -0.376 e. The zero-order valence-corrected chi connectivity index (χ0v) is 14.5. The lowest BCUT2D eigenvalue weighted by Crippen LogP contribution is -2.61. The van der Waals surface area contributed by atoms with Crippen LogP contribution in [0.1, 0.15) is 37.1 Å². The van der Waals surface area contributed by atoms with Crippen LogP contribution in [0.3, 0.4) is 0 Å². The Bertz CT molecular complexity index is 606. The first-order valence-electron chi connectivity index (χ1n) is 9.26. The van der Waals surface area contributed by atoms with Crippen molar-refractivity contribution in [2.45, 2.75) is 51.3 Å². The number of rotatable bonds is 3. The van der Waals surface area contributed by atoms with Gasteiger partial charge in [0.2, 0.25) is 5.91 Å². The standard InChI is InChI=1S/C19H27N3O2/c1-14-5-2-7-16(20-14)12-21-11-15-6-4-10-24-19(15)17(13-21)22-9-3-8-18(22)23/h2,5,7,15,17,19H,3-4,6,8-13H2,1H3/t15-,17+,19-/m0/s1. The van der Waals surface area contributed by atoms with Gasteiger partial charge in [0, 0.05) is 44.9 Å². The van der Waals surface area contributed by atoms with E-state index in [1.807, 2.05) is 13.0 Å². The van der Waals surface area contributed by atoms with E-state index >= 15 is 0 Å². The number of piperidine rings is 1. The molecule has 24 heavy (non-hydrogen) atoms. The molecule has 0 radical (unpaired) electrons. The monoisotopic (exact) mass is 329 g/mol. The fourth-order valence-corrected chi connectivity index (χ4v) is 4.60. The third kappa shape index (κ3) is 3.20. The molecule has 0 saturated carbocycles. The van der Waals surface area contributed by atoms with Gasteiger partial charge < -0.3 is 9.64 Å². The zero-order valence-electron chi connectivity index (χ0n) is 14.5.